The summed E-state index contributed by atoms with van der Waals surface area (Å²) in [7, 11) is 0. The van der Waals surface area contributed by atoms with Crippen molar-refractivity contribution in [2.24, 2.45) is 0 Å². The first-order chi connectivity index (χ1) is 9.29. The average Bonchev–Trinajstić information content (AvgIpc) is 2.72. The van der Waals surface area contributed by atoms with E-state index in [1.807, 2.05) is 20.8 Å². The number of benzene rings is 1. The molecule has 1 heterocycles. The standard InChI is InChI=1S/C14H15ClN2O3/c1-14(2,3)11-10(13(18)19)12(17-16-11)20-9-6-4-5-8(15)7-9/h4-7H,1-3H3,(H,16,17)(H,18,19). The van der Waals surface area contributed by atoms with Gasteiger partial charge in [-0.2, -0.15) is 5.10 Å². The molecular formula is C14H15ClN2O3. The van der Waals surface area contributed by atoms with Crippen LogP contribution in [0.3, 0.4) is 0 Å². The third-order valence-electron chi connectivity index (χ3n) is 2.67. The second-order valence-corrected chi connectivity index (χ2v) is 5.83. The molecule has 2 rings (SSSR count). The van der Waals surface area contributed by atoms with E-state index < -0.39 is 11.4 Å². The number of H-pyrrole nitrogens is 1. The van der Waals surface area contributed by atoms with Crippen molar-refractivity contribution in [3.63, 3.8) is 0 Å². The van der Waals surface area contributed by atoms with E-state index in [2.05, 4.69) is 10.2 Å². The van der Waals surface area contributed by atoms with Gasteiger partial charge in [0.1, 0.15) is 11.3 Å². The minimum atomic E-state index is -1.08. The van der Waals surface area contributed by atoms with E-state index in [1.165, 1.54) is 0 Å². The smallest absolute Gasteiger partial charge is 0.343 e. The van der Waals surface area contributed by atoms with Crippen LogP contribution in [0.15, 0.2) is 24.3 Å². The fourth-order valence-corrected chi connectivity index (χ4v) is 1.97. The Labute approximate surface area is 121 Å². The Kier molecular flexibility index (Phi) is 3.72. The van der Waals surface area contributed by atoms with Crippen LogP contribution in [-0.2, 0) is 5.41 Å². The van der Waals surface area contributed by atoms with Gasteiger partial charge in [0.05, 0.1) is 5.69 Å². The zero-order chi connectivity index (χ0) is 14.9. The molecule has 0 bridgehead atoms. The Balaban J connectivity index is 2.43. The molecule has 0 spiro atoms. The van der Waals surface area contributed by atoms with Crippen LogP contribution in [0, 0.1) is 0 Å². The number of aromatic carboxylic acids is 1. The minimum absolute atomic E-state index is 0.0393. The van der Waals surface area contributed by atoms with Gasteiger partial charge in [0, 0.05) is 10.4 Å². The molecule has 0 saturated heterocycles. The van der Waals surface area contributed by atoms with Crippen molar-refractivity contribution in [1.82, 2.24) is 10.2 Å². The van der Waals surface area contributed by atoms with Crippen LogP contribution in [0.1, 0.15) is 36.8 Å². The number of halogens is 1. The average molecular weight is 295 g/mol. The molecule has 5 nitrogen and oxygen atoms in total. The maximum absolute atomic E-state index is 11.4. The summed E-state index contributed by atoms with van der Waals surface area (Å²) in [6.45, 7) is 5.66. The number of aromatic nitrogens is 2. The minimum Gasteiger partial charge on any atom is -0.477 e. The molecule has 2 N–H and O–H groups in total. The molecule has 106 valence electrons. The number of carboxylic acid groups (broad SMARTS) is 1. The van der Waals surface area contributed by atoms with Crippen LogP contribution in [0.2, 0.25) is 5.02 Å². The molecule has 0 amide bonds. The molecule has 0 aliphatic heterocycles. The Hall–Kier alpha value is -2.01. The molecule has 20 heavy (non-hydrogen) atoms. The number of nitrogens with zero attached hydrogens (tertiary/aromatic N) is 1. The molecule has 2 aromatic rings. The third-order valence-corrected chi connectivity index (χ3v) is 2.91. The van der Waals surface area contributed by atoms with E-state index in [0.717, 1.165) is 0 Å². The largest absolute Gasteiger partial charge is 0.477 e. The summed E-state index contributed by atoms with van der Waals surface area (Å²) >= 11 is 5.87. The van der Waals surface area contributed by atoms with Crippen LogP contribution in [0.25, 0.3) is 0 Å². The van der Waals surface area contributed by atoms with Crippen molar-refractivity contribution in [2.45, 2.75) is 26.2 Å². The zero-order valence-corrected chi connectivity index (χ0v) is 12.2. The van der Waals surface area contributed by atoms with Gasteiger partial charge in [-0.05, 0) is 18.2 Å². The number of ether oxygens (including phenoxy) is 1. The van der Waals surface area contributed by atoms with E-state index in [4.69, 9.17) is 16.3 Å². The molecule has 0 fully saturated rings. The summed E-state index contributed by atoms with van der Waals surface area (Å²) in [4.78, 5) is 11.4. The monoisotopic (exact) mass is 294 g/mol. The van der Waals surface area contributed by atoms with Gasteiger partial charge in [0.25, 0.3) is 0 Å². The van der Waals surface area contributed by atoms with Crippen molar-refractivity contribution >= 4 is 17.6 Å². The Bertz CT molecular complexity index is 644. The SMILES string of the molecule is CC(C)(C)c1n[nH]c(Oc2cccc(Cl)c2)c1C(=O)O. The van der Waals surface area contributed by atoms with Crippen molar-refractivity contribution in [3.8, 4) is 11.6 Å². The molecule has 6 heteroatoms. The van der Waals surface area contributed by atoms with Crippen LogP contribution in [0.5, 0.6) is 11.6 Å². The normalized spacial score (nSPS) is 11.4. The highest BCUT2D eigenvalue weighted by molar-refractivity contribution is 6.30. The number of hydrogen-bond donors (Lipinski definition) is 2. The van der Waals surface area contributed by atoms with E-state index in [1.54, 1.807) is 24.3 Å². The summed E-state index contributed by atoms with van der Waals surface area (Å²) in [6.07, 6.45) is 0. The summed E-state index contributed by atoms with van der Waals surface area (Å²) in [5.41, 5.74) is 0.0830. The van der Waals surface area contributed by atoms with Crippen molar-refractivity contribution in [1.29, 1.82) is 0 Å². The maximum Gasteiger partial charge on any atom is 0.343 e. The lowest BCUT2D eigenvalue weighted by Gasteiger charge is -2.15. The Morgan fingerprint density at radius 3 is 2.65 bits per heavy atom. The topological polar surface area (TPSA) is 75.2 Å². The highest BCUT2D eigenvalue weighted by Gasteiger charge is 2.29. The molecule has 1 aromatic heterocycles. The quantitative estimate of drug-likeness (QED) is 0.901. The zero-order valence-electron chi connectivity index (χ0n) is 11.4. The van der Waals surface area contributed by atoms with E-state index >= 15 is 0 Å². The summed E-state index contributed by atoms with van der Waals surface area (Å²) < 4.78 is 5.54. The van der Waals surface area contributed by atoms with E-state index in [9.17, 15) is 9.90 Å². The highest BCUT2D eigenvalue weighted by Crippen LogP contribution is 2.32. The van der Waals surface area contributed by atoms with E-state index in [-0.39, 0.29) is 11.4 Å². The second kappa shape index (κ2) is 5.17. The van der Waals surface area contributed by atoms with Crippen LogP contribution >= 0.6 is 11.6 Å². The fraction of sp³-hybridized carbons (Fsp3) is 0.286. The number of carbonyl (C=O) groups is 1. The van der Waals surface area contributed by atoms with E-state index in [0.29, 0.717) is 16.5 Å². The van der Waals surface area contributed by atoms with Gasteiger partial charge < -0.3 is 9.84 Å². The molecule has 0 atom stereocenters. The maximum atomic E-state index is 11.4. The third kappa shape index (κ3) is 2.93. The number of carboxylic acids is 1. The lowest BCUT2D eigenvalue weighted by atomic mass is 9.89. The van der Waals surface area contributed by atoms with Gasteiger partial charge in [0.2, 0.25) is 5.88 Å². The molecule has 0 aliphatic rings. The van der Waals surface area contributed by atoms with Crippen LogP contribution in [-0.4, -0.2) is 21.3 Å². The predicted molar refractivity (Wildman–Crippen MR) is 75.8 cm³/mol. The predicted octanol–water partition coefficient (Wildman–Crippen LogP) is 3.85. The second-order valence-electron chi connectivity index (χ2n) is 5.39. The molecule has 0 unspecified atom stereocenters. The molecule has 0 aliphatic carbocycles. The van der Waals surface area contributed by atoms with Crippen molar-refractivity contribution < 1.29 is 14.6 Å². The first-order valence-electron chi connectivity index (χ1n) is 6.04. The van der Waals surface area contributed by atoms with Crippen LogP contribution < -0.4 is 4.74 Å². The van der Waals surface area contributed by atoms with Gasteiger partial charge >= 0.3 is 5.97 Å². The lowest BCUT2D eigenvalue weighted by Crippen LogP contribution is -2.16. The molecule has 1 aromatic carbocycles. The van der Waals surface area contributed by atoms with Gasteiger partial charge in [0.15, 0.2) is 0 Å². The van der Waals surface area contributed by atoms with Gasteiger partial charge in [-0.25, -0.2) is 9.89 Å². The first kappa shape index (κ1) is 14.4. The first-order valence-corrected chi connectivity index (χ1v) is 6.42. The number of nitrogens with one attached hydrogen (secondary N) is 1. The lowest BCUT2D eigenvalue weighted by molar-refractivity contribution is 0.0691. The summed E-state index contributed by atoms with van der Waals surface area (Å²) in [6, 6.07) is 6.72. The van der Waals surface area contributed by atoms with Crippen molar-refractivity contribution in [2.75, 3.05) is 0 Å². The van der Waals surface area contributed by atoms with Gasteiger partial charge in [-0.1, -0.05) is 38.4 Å². The summed E-state index contributed by atoms with van der Waals surface area (Å²) in [5, 5.41) is 16.6. The number of aromatic amines is 1. The molecular weight excluding hydrogens is 280 g/mol. The molecule has 0 radical (unpaired) electrons. The van der Waals surface area contributed by atoms with Gasteiger partial charge in [-0.3, -0.25) is 0 Å². The van der Waals surface area contributed by atoms with Crippen LogP contribution in [0.4, 0.5) is 0 Å². The Morgan fingerprint density at radius 1 is 1.40 bits per heavy atom. The number of rotatable bonds is 3. The highest BCUT2D eigenvalue weighted by atomic mass is 35.5. The summed E-state index contributed by atoms with van der Waals surface area (Å²) in [5.74, 6) is -0.533. The Morgan fingerprint density at radius 2 is 2.10 bits per heavy atom. The van der Waals surface area contributed by atoms with Gasteiger partial charge in [-0.15, -0.1) is 0 Å². The van der Waals surface area contributed by atoms with Crippen molar-refractivity contribution in [3.05, 3.63) is 40.5 Å². The number of hydrogen-bond acceptors (Lipinski definition) is 3. The fourth-order valence-electron chi connectivity index (χ4n) is 1.79. The molecule has 0 saturated carbocycles.